The lowest BCUT2D eigenvalue weighted by molar-refractivity contribution is -0.136. The van der Waals surface area contributed by atoms with Crippen molar-refractivity contribution in [1.29, 1.82) is 5.26 Å². The van der Waals surface area contributed by atoms with Crippen molar-refractivity contribution >= 4 is 70.1 Å². The van der Waals surface area contributed by atoms with E-state index in [4.69, 9.17) is 11.6 Å². The number of hydrogen-bond acceptors (Lipinski definition) is 14. The molecule has 346 valence electrons. The first kappa shape index (κ1) is 45.1. The molecule has 67 heavy (non-hydrogen) atoms. The van der Waals surface area contributed by atoms with Crippen molar-refractivity contribution in [3.63, 3.8) is 0 Å². The van der Waals surface area contributed by atoms with Gasteiger partial charge in [0.05, 0.1) is 45.2 Å². The fourth-order valence-electron chi connectivity index (χ4n) is 9.43. The molecule has 9 rings (SSSR count). The third-order valence-corrected chi connectivity index (χ3v) is 13.4. The molecule has 0 spiro atoms. The highest BCUT2D eigenvalue weighted by Gasteiger charge is 2.45. The molecule has 2 aromatic carbocycles. The Morgan fingerprint density at radius 3 is 2.36 bits per heavy atom. The lowest BCUT2D eigenvalue weighted by atomic mass is 9.95. The van der Waals surface area contributed by atoms with Gasteiger partial charge in [-0.05, 0) is 74.1 Å². The van der Waals surface area contributed by atoms with E-state index in [9.17, 15) is 34.0 Å². The molecule has 3 fully saturated rings. The van der Waals surface area contributed by atoms with Gasteiger partial charge in [-0.1, -0.05) is 11.6 Å². The summed E-state index contributed by atoms with van der Waals surface area (Å²) in [7, 11) is 0. The summed E-state index contributed by atoms with van der Waals surface area (Å²) in [6, 6.07) is 11.4. The summed E-state index contributed by atoms with van der Waals surface area (Å²) < 4.78 is 30.6. The number of nitrogens with one attached hydrogen (secondary N) is 3. The van der Waals surface area contributed by atoms with Crippen molar-refractivity contribution in [2.24, 2.45) is 5.92 Å². The minimum absolute atomic E-state index is 0.00956. The zero-order valence-electron chi connectivity index (χ0n) is 36.2. The summed E-state index contributed by atoms with van der Waals surface area (Å²) in [6.45, 7) is 5.30. The summed E-state index contributed by atoms with van der Waals surface area (Å²) in [4.78, 5) is 98.1. The third kappa shape index (κ3) is 9.33. The van der Waals surface area contributed by atoms with Gasteiger partial charge < -0.3 is 25.3 Å². The number of piperazine rings is 1. The highest BCUT2D eigenvalue weighted by molar-refractivity contribution is 6.32. The molecule has 0 radical (unpaired) electrons. The summed E-state index contributed by atoms with van der Waals surface area (Å²) in [5.41, 5.74) is 2.75. The Morgan fingerprint density at radius 1 is 0.881 bits per heavy atom. The van der Waals surface area contributed by atoms with Crippen LogP contribution in [-0.2, 0) is 27.3 Å². The first-order valence-electron chi connectivity index (χ1n) is 22.1. The van der Waals surface area contributed by atoms with Crippen molar-refractivity contribution < 1.29 is 37.5 Å². The maximum absolute atomic E-state index is 15.4. The van der Waals surface area contributed by atoms with Gasteiger partial charge in [0.15, 0.2) is 0 Å². The molecular weight excluding hydrogens is 890 g/mol. The monoisotopic (exact) mass is 934 g/mol. The molecule has 21 heteroatoms. The number of benzene rings is 2. The summed E-state index contributed by atoms with van der Waals surface area (Å²) >= 11 is 6.26. The summed E-state index contributed by atoms with van der Waals surface area (Å²) in [5, 5.41) is 17.4. The van der Waals surface area contributed by atoms with Gasteiger partial charge in [-0.2, -0.15) is 9.65 Å². The maximum Gasteiger partial charge on any atom is 0.262 e. The van der Waals surface area contributed by atoms with Crippen molar-refractivity contribution in [2.75, 3.05) is 74.0 Å². The predicted octanol–water partition coefficient (Wildman–Crippen LogP) is 3.56. The van der Waals surface area contributed by atoms with Gasteiger partial charge in [0.1, 0.15) is 35.9 Å². The molecule has 2 aromatic heterocycles. The number of fused-ring (bicyclic) bond motifs is 2. The van der Waals surface area contributed by atoms with Crippen LogP contribution >= 0.6 is 11.6 Å². The van der Waals surface area contributed by atoms with Crippen LogP contribution in [0.3, 0.4) is 0 Å². The summed E-state index contributed by atoms with van der Waals surface area (Å²) in [6.07, 6.45) is 3.62. The van der Waals surface area contributed by atoms with Gasteiger partial charge in [-0.3, -0.25) is 43.9 Å². The normalized spacial score (nSPS) is 18.9. The second-order valence-corrected chi connectivity index (χ2v) is 17.6. The lowest BCUT2D eigenvalue weighted by Crippen LogP contribution is -2.54. The Labute approximate surface area is 388 Å². The number of pyridine rings is 1. The minimum atomic E-state index is -1.13. The number of imide groups is 2. The van der Waals surface area contributed by atoms with E-state index < -0.39 is 47.3 Å². The second kappa shape index (κ2) is 19.0. The largest absolute Gasteiger partial charge is 0.367 e. The van der Waals surface area contributed by atoms with Gasteiger partial charge in [0.25, 0.3) is 17.7 Å². The highest BCUT2D eigenvalue weighted by Crippen LogP contribution is 2.34. The standard InChI is InChI=1S/C46H45ClF2N12O6/c47-33-19-28(2-1-27(33)22-50)60-14-10-29-35(24-60)52-25-53-42(29)55-38-5-3-30(41(49)54-38)43(64)51-11-7-40(63)59-12-8-26(9-13-59)23-57-15-17-58(18-16-57)37-21-32-31(20-34(37)48)45(66)61(46(32)67)36-4-6-39(62)56-44(36)65/h1-3,5,19-21,25-26,36H,4,6-18,23-24H2,(H,51,64)(H,56,62,65)(H,52,53,54,55). The fraction of sp³-hybridized carbons (Fsp3) is 0.391. The van der Waals surface area contributed by atoms with Crippen LogP contribution in [0.2, 0.25) is 5.02 Å². The van der Waals surface area contributed by atoms with Crippen molar-refractivity contribution in [3.8, 4) is 6.07 Å². The number of rotatable bonds is 11. The molecule has 0 saturated carbocycles. The van der Waals surface area contributed by atoms with Crippen LogP contribution in [-0.4, -0.2) is 130 Å². The Bertz CT molecular complexity index is 2740. The zero-order chi connectivity index (χ0) is 46.9. The number of amides is 6. The number of nitriles is 1. The number of piperidine rings is 2. The Hall–Kier alpha value is -7.11. The number of likely N-dealkylation sites (tertiary alicyclic amines) is 1. The van der Waals surface area contributed by atoms with E-state index in [2.05, 4.69) is 46.8 Å². The highest BCUT2D eigenvalue weighted by atomic mass is 35.5. The zero-order valence-corrected chi connectivity index (χ0v) is 37.0. The number of nitrogens with zero attached hydrogens (tertiary/aromatic N) is 9. The topological polar surface area (TPSA) is 217 Å². The number of carbonyl (C=O) groups excluding carboxylic acids is 6. The molecular formula is C46H45ClF2N12O6. The lowest BCUT2D eigenvalue weighted by Gasteiger charge is -2.39. The van der Waals surface area contributed by atoms with Crippen molar-refractivity contribution in [1.82, 2.24) is 40.3 Å². The van der Waals surface area contributed by atoms with Gasteiger partial charge in [0, 0.05) is 83.0 Å². The number of anilines is 4. The van der Waals surface area contributed by atoms with Gasteiger partial charge >= 0.3 is 0 Å². The molecule has 5 aliphatic heterocycles. The van der Waals surface area contributed by atoms with Gasteiger partial charge in [-0.15, -0.1) is 0 Å². The number of hydrogen-bond donors (Lipinski definition) is 3. The molecule has 0 bridgehead atoms. The van der Waals surface area contributed by atoms with E-state index in [0.29, 0.717) is 81.1 Å². The van der Waals surface area contributed by atoms with Crippen LogP contribution in [0.4, 0.5) is 31.8 Å². The number of carbonyl (C=O) groups is 6. The average molecular weight is 935 g/mol. The molecule has 7 heterocycles. The molecule has 4 aromatic rings. The van der Waals surface area contributed by atoms with E-state index in [1.54, 1.807) is 17.0 Å². The van der Waals surface area contributed by atoms with Crippen molar-refractivity contribution in [2.45, 2.75) is 51.1 Å². The van der Waals surface area contributed by atoms with Crippen molar-refractivity contribution in [3.05, 3.63) is 99.1 Å². The van der Waals surface area contributed by atoms with E-state index in [1.165, 1.54) is 24.5 Å². The molecule has 0 aliphatic carbocycles. The van der Waals surface area contributed by atoms with Crippen LogP contribution in [0.1, 0.15) is 80.0 Å². The van der Waals surface area contributed by atoms with Crippen LogP contribution < -0.4 is 25.8 Å². The fourth-order valence-corrected chi connectivity index (χ4v) is 9.64. The van der Waals surface area contributed by atoms with Crippen LogP contribution in [0, 0.1) is 29.0 Å². The quantitative estimate of drug-likeness (QED) is 0.145. The molecule has 1 atom stereocenters. The Kier molecular flexibility index (Phi) is 12.8. The molecule has 5 aliphatic rings. The average Bonchev–Trinajstić information content (AvgIpc) is 3.55. The number of aromatic nitrogens is 3. The minimum Gasteiger partial charge on any atom is -0.367 e. The van der Waals surface area contributed by atoms with E-state index >= 15 is 8.78 Å². The van der Waals surface area contributed by atoms with Crippen LogP contribution in [0.5, 0.6) is 0 Å². The predicted molar refractivity (Wildman–Crippen MR) is 238 cm³/mol. The SMILES string of the molecule is N#Cc1ccc(N2CCc3c(ncnc3Nc3ccc(C(=O)NCCC(=O)N4CCC(CN5CCN(c6cc7c(cc6F)C(=O)N(C6CCC(=O)NC6=O)C7=O)CC5)CC4)c(F)n3)C2)cc1Cl. The third-order valence-electron chi connectivity index (χ3n) is 13.1. The van der Waals surface area contributed by atoms with E-state index in [-0.39, 0.29) is 59.9 Å². The van der Waals surface area contributed by atoms with E-state index in [1.807, 2.05) is 11.0 Å². The maximum atomic E-state index is 15.4. The molecule has 3 N–H and O–H groups in total. The first-order valence-corrected chi connectivity index (χ1v) is 22.5. The molecule has 6 amide bonds. The Morgan fingerprint density at radius 2 is 1.64 bits per heavy atom. The summed E-state index contributed by atoms with van der Waals surface area (Å²) in [5.74, 6) is -4.09. The second-order valence-electron chi connectivity index (χ2n) is 17.2. The Balaban J connectivity index is 0.698. The molecule has 1 unspecified atom stereocenters. The molecule has 3 saturated heterocycles. The number of halogens is 3. The molecule has 18 nitrogen and oxygen atoms in total. The van der Waals surface area contributed by atoms with Gasteiger partial charge in [0.2, 0.25) is 23.7 Å². The first-order chi connectivity index (χ1) is 32.3. The smallest absolute Gasteiger partial charge is 0.262 e. The van der Waals surface area contributed by atoms with Crippen LogP contribution in [0.15, 0.2) is 48.8 Å². The van der Waals surface area contributed by atoms with E-state index in [0.717, 1.165) is 47.3 Å². The van der Waals surface area contributed by atoms with Crippen LogP contribution in [0.25, 0.3) is 0 Å². The van der Waals surface area contributed by atoms with Gasteiger partial charge in [-0.25, -0.2) is 19.3 Å².